The van der Waals surface area contributed by atoms with E-state index in [1.807, 2.05) is 0 Å². The van der Waals surface area contributed by atoms with E-state index in [1.54, 1.807) is 24.3 Å². The second-order valence-corrected chi connectivity index (χ2v) is 5.00. The van der Waals surface area contributed by atoms with Gasteiger partial charge in [0.25, 0.3) is 11.8 Å². The highest BCUT2D eigenvalue weighted by molar-refractivity contribution is 7.80. The number of benzene rings is 1. The molecule has 2 rings (SSSR count). The summed E-state index contributed by atoms with van der Waals surface area (Å²) in [5.41, 5.74) is 0.773. The number of amides is 2. The van der Waals surface area contributed by atoms with Crippen molar-refractivity contribution in [2.45, 2.75) is 0 Å². The van der Waals surface area contributed by atoms with E-state index >= 15 is 0 Å². The van der Waals surface area contributed by atoms with Crippen LogP contribution in [0.4, 0.5) is 0 Å². The third kappa shape index (κ3) is 3.00. The third-order valence-electron chi connectivity index (χ3n) is 3.16. The van der Waals surface area contributed by atoms with Gasteiger partial charge in [-0.25, -0.2) is 0 Å². The van der Waals surface area contributed by atoms with E-state index in [-0.39, 0.29) is 17.3 Å². The summed E-state index contributed by atoms with van der Waals surface area (Å²) in [6.45, 7) is 0.185. The summed E-state index contributed by atoms with van der Waals surface area (Å²) in [7, 11) is 3.08. The quantitative estimate of drug-likeness (QED) is 0.365. The molecule has 1 heterocycles. The topological polar surface area (TPSA) is 49.9 Å². The van der Waals surface area contributed by atoms with Gasteiger partial charge in [-0.05, 0) is 36.0 Å². The largest absolute Gasteiger partial charge is 0.481 e. The Morgan fingerprint density at radius 3 is 2.23 bits per heavy atom. The molecule has 5 nitrogen and oxygen atoms in total. The van der Waals surface area contributed by atoms with E-state index in [4.69, 9.17) is 23.4 Å². The van der Waals surface area contributed by atoms with Gasteiger partial charge >= 0.3 is 0 Å². The van der Waals surface area contributed by atoms with Gasteiger partial charge in [0.05, 0.1) is 0 Å². The van der Waals surface area contributed by atoms with Gasteiger partial charge in [0.15, 0.2) is 5.11 Å². The molecule has 22 heavy (non-hydrogen) atoms. The van der Waals surface area contributed by atoms with E-state index in [9.17, 15) is 9.59 Å². The van der Waals surface area contributed by atoms with E-state index in [0.29, 0.717) is 11.3 Å². The van der Waals surface area contributed by atoms with Crippen LogP contribution >= 0.6 is 12.2 Å². The Hall–Kier alpha value is -2.65. The summed E-state index contributed by atoms with van der Waals surface area (Å²) in [5, 5.41) is 0.185. The van der Waals surface area contributed by atoms with Crippen molar-refractivity contribution in [3.8, 4) is 18.1 Å². The molecule has 0 spiro atoms. The molecule has 1 saturated heterocycles. The fourth-order valence-electron chi connectivity index (χ4n) is 1.93. The van der Waals surface area contributed by atoms with Crippen LogP contribution in [0.5, 0.6) is 5.75 Å². The minimum absolute atomic E-state index is 0.0656. The Morgan fingerprint density at radius 2 is 1.73 bits per heavy atom. The van der Waals surface area contributed by atoms with Gasteiger partial charge in [-0.3, -0.25) is 19.4 Å². The van der Waals surface area contributed by atoms with Gasteiger partial charge in [-0.1, -0.05) is 18.1 Å². The lowest BCUT2D eigenvalue weighted by Gasteiger charge is -2.31. The molecule has 2 amide bonds. The van der Waals surface area contributed by atoms with E-state index < -0.39 is 11.8 Å². The molecule has 1 aromatic rings. The van der Waals surface area contributed by atoms with Crippen molar-refractivity contribution >= 4 is 35.2 Å². The highest BCUT2D eigenvalue weighted by atomic mass is 32.1. The van der Waals surface area contributed by atoms with Crippen molar-refractivity contribution in [1.29, 1.82) is 0 Å². The molecule has 0 aliphatic carbocycles. The Bertz CT molecular complexity index is 675. The molecule has 112 valence electrons. The van der Waals surface area contributed by atoms with Gasteiger partial charge < -0.3 is 4.74 Å². The lowest BCUT2D eigenvalue weighted by Crippen LogP contribution is -2.52. The Kier molecular flexibility index (Phi) is 4.59. The van der Waals surface area contributed by atoms with Crippen molar-refractivity contribution in [3.63, 3.8) is 0 Å². The van der Waals surface area contributed by atoms with Crippen LogP contribution in [0.3, 0.4) is 0 Å². The van der Waals surface area contributed by atoms with Gasteiger partial charge in [0, 0.05) is 14.1 Å². The number of carbonyl (C=O) groups is 2. The number of thiocarbonyl (C=S) groups is 1. The molecule has 0 bridgehead atoms. The van der Waals surface area contributed by atoms with E-state index in [2.05, 4.69) is 5.92 Å². The molecular formula is C16H14N2O3S. The molecule has 0 unspecified atom stereocenters. The third-order valence-corrected chi connectivity index (χ3v) is 3.70. The highest BCUT2D eigenvalue weighted by Gasteiger charge is 2.35. The summed E-state index contributed by atoms with van der Waals surface area (Å²) in [6.07, 6.45) is 6.65. The summed E-state index contributed by atoms with van der Waals surface area (Å²) in [4.78, 5) is 26.9. The second-order valence-electron chi connectivity index (χ2n) is 4.63. The maximum atomic E-state index is 12.2. The Morgan fingerprint density at radius 1 is 1.18 bits per heavy atom. The minimum Gasteiger partial charge on any atom is -0.481 e. The Labute approximate surface area is 134 Å². The smallest absolute Gasteiger partial charge is 0.265 e. The Balaban J connectivity index is 2.28. The van der Waals surface area contributed by atoms with Gasteiger partial charge in [-0.2, -0.15) is 0 Å². The van der Waals surface area contributed by atoms with Crippen molar-refractivity contribution in [1.82, 2.24) is 9.80 Å². The number of nitrogens with zero attached hydrogens (tertiary/aromatic N) is 2. The van der Waals surface area contributed by atoms with Crippen LogP contribution in [0.15, 0.2) is 29.8 Å². The van der Waals surface area contributed by atoms with Gasteiger partial charge in [-0.15, -0.1) is 6.42 Å². The zero-order chi connectivity index (χ0) is 16.3. The molecule has 0 atom stereocenters. The van der Waals surface area contributed by atoms with Crippen LogP contribution in [0.2, 0.25) is 0 Å². The molecule has 1 fully saturated rings. The van der Waals surface area contributed by atoms with Crippen LogP contribution < -0.4 is 4.74 Å². The SMILES string of the molecule is C#CCOc1ccc(C=C2C(=O)N(C)C(=S)N(C)C2=O)cc1. The van der Waals surface area contributed by atoms with Crippen LogP contribution in [0.1, 0.15) is 5.56 Å². The van der Waals surface area contributed by atoms with E-state index in [1.165, 1.54) is 30.0 Å². The number of rotatable bonds is 3. The molecule has 6 heteroatoms. The van der Waals surface area contributed by atoms with E-state index in [0.717, 1.165) is 0 Å². The molecule has 0 radical (unpaired) electrons. The molecular weight excluding hydrogens is 300 g/mol. The number of terminal acetylenes is 1. The predicted molar refractivity (Wildman–Crippen MR) is 86.9 cm³/mol. The van der Waals surface area contributed by atoms with Crippen molar-refractivity contribution in [2.24, 2.45) is 0 Å². The molecule has 1 aromatic carbocycles. The summed E-state index contributed by atoms with van der Waals surface area (Å²) >= 11 is 5.03. The van der Waals surface area contributed by atoms with Crippen LogP contribution in [-0.2, 0) is 9.59 Å². The molecule has 1 aliphatic rings. The molecule has 1 aliphatic heterocycles. The lowest BCUT2D eigenvalue weighted by molar-refractivity contribution is -0.132. The number of hydrogen-bond acceptors (Lipinski definition) is 4. The maximum Gasteiger partial charge on any atom is 0.265 e. The molecule has 0 aromatic heterocycles. The lowest BCUT2D eigenvalue weighted by atomic mass is 10.1. The number of ether oxygens (including phenoxy) is 1. The average molecular weight is 314 g/mol. The van der Waals surface area contributed by atoms with Crippen molar-refractivity contribution < 1.29 is 14.3 Å². The summed E-state index contributed by atoms with van der Waals surface area (Å²) < 4.78 is 5.27. The maximum absolute atomic E-state index is 12.2. The first kappa shape index (κ1) is 15.7. The number of likely N-dealkylation sites (N-methyl/N-ethyl adjacent to an activating group) is 2. The normalized spacial score (nSPS) is 15.0. The zero-order valence-corrected chi connectivity index (χ0v) is 13.0. The predicted octanol–water partition coefficient (Wildman–Crippen LogP) is 1.30. The van der Waals surface area contributed by atoms with Crippen LogP contribution in [0.25, 0.3) is 6.08 Å². The first-order valence-electron chi connectivity index (χ1n) is 6.43. The monoisotopic (exact) mass is 314 g/mol. The van der Waals surface area contributed by atoms with Crippen molar-refractivity contribution in [2.75, 3.05) is 20.7 Å². The number of hydrogen-bond donors (Lipinski definition) is 0. The van der Waals surface area contributed by atoms with Crippen LogP contribution in [-0.4, -0.2) is 47.4 Å². The van der Waals surface area contributed by atoms with Crippen molar-refractivity contribution in [3.05, 3.63) is 35.4 Å². The second kappa shape index (κ2) is 6.41. The fourth-order valence-corrected chi connectivity index (χ4v) is 2.09. The molecule has 0 saturated carbocycles. The summed E-state index contributed by atoms with van der Waals surface area (Å²) in [5.74, 6) is 2.17. The number of carbonyl (C=O) groups excluding carboxylic acids is 2. The summed E-state index contributed by atoms with van der Waals surface area (Å²) in [6, 6.07) is 6.93. The van der Waals surface area contributed by atoms with Gasteiger partial charge in [0.1, 0.15) is 17.9 Å². The first-order chi connectivity index (χ1) is 10.5. The van der Waals surface area contributed by atoms with Gasteiger partial charge in [0.2, 0.25) is 0 Å². The minimum atomic E-state index is -0.416. The zero-order valence-electron chi connectivity index (χ0n) is 12.2. The average Bonchev–Trinajstić information content (AvgIpc) is 2.54. The van der Waals surface area contributed by atoms with Crippen LogP contribution in [0, 0.1) is 12.3 Å². The fraction of sp³-hybridized carbons (Fsp3) is 0.188. The highest BCUT2D eigenvalue weighted by Crippen LogP contribution is 2.19. The standard InChI is InChI=1S/C16H14N2O3S/c1-4-9-21-12-7-5-11(6-8-12)10-13-14(19)17(2)16(22)18(3)15(13)20/h1,5-8,10H,9H2,2-3H3. The molecule has 0 N–H and O–H groups in total. The first-order valence-corrected chi connectivity index (χ1v) is 6.84.